The maximum atomic E-state index is 6.30. The van der Waals surface area contributed by atoms with Crippen molar-refractivity contribution in [1.82, 2.24) is 4.98 Å². The average Bonchev–Trinajstić information content (AvgIpc) is 2.48. The number of benzene rings is 2. The number of aromatic nitrogens is 1. The Morgan fingerprint density at radius 2 is 1.63 bits per heavy atom. The Morgan fingerprint density at radius 1 is 0.895 bits per heavy atom. The Morgan fingerprint density at radius 3 is 2.47 bits per heavy atom. The highest BCUT2D eigenvalue weighted by Crippen LogP contribution is 2.21. The lowest BCUT2D eigenvalue weighted by Gasteiger charge is -2.13. The Balaban J connectivity index is 1.94. The van der Waals surface area contributed by atoms with E-state index in [1.54, 1.807) is 0 Å². The van der Waals surface area contributed by atoms with E-state index in [0.717, 1.165) is 11.9 Å². The number of para-hydroxylation sites is 1. The van der Waals surface area contributed by atoms with Gasteiger partial charge in [0.2, 0.25) is 0 Å². The molecule has 94 valence electrons. The molecule has 3 rings (SSSR count). The van der Waals surface area contributed by atoms with Crippen LogP contribution in [0.5, 0.6) is 0 Å². The quantitative estimate of drug-likeness (QED) is 0.770. The van der Waals surface area contributed by atoms with Crippen molar-refractivity contribution in [3.05, 3.63) is 78.0 Å². The highest BCUT2D eigenvalue weighted by molar-refractivity contribution is 5.81. The second kappa shape index (κ2) is 5.21. The first-order valence-electron chi connectivity index (χ1n) is 6.48. The summed E-state index contributed by atoms with van der Waals surface area (Å²) in [5, 5.41) is 1.19. The number of nitrogens with zero attached hydrogens (tertiary/aromatic N) is 1. The van der Waals surface area contributed by atoms with Crippen molar-refractivity contribution in [3.63, 3.8) is 0 Å². The first-order chi connectivity index (χ1) is 9.34. The van der Waals surface area contributed by atoms with Crippen molar-refractivity contribution < 1.29 is 0 Å². The van der Waals surface area contributed by atoms with Crippen molar-refractivity contribution in [1.29, 1.82) is 0 Å². The van der Waals surface area contributed by atoms with Crippen molar-refractivity contribution in [2.24, 2.45) is 5.73 Å². The van der Waals surface area contributed by atoms with Crippen LogP contribution in [0.1, 0.15) is 17.2 Å². The van der Waals surface area contributed by atoms with Crippen LogP contribution < -0.4 is 5.73 Å². The van der Waals surface area contributed by atoms with Gasteiger partial charge in [0.05, 0.1) is 5.52 Å². The van der Waals surface area contributed by atoms with E-state index in [1.807, 2.05) is 42.6 Å². The zero-order valence-electron chi connectivity index (χ0n) is 10.7. The molecule has 0 amide bonds. The van der Waals surface area contributed by atoms with Crippen LogP contribution in [0.2, 0.25) is 0 Å². The summed E-state index contributed by atoms with van der Waals surface area (Å²) in [4.78, 5) is 4.38. The Bertz CT molecular complexity index is 672. The minimum Gasteiger partial charge on any atom is -0.324 e. The number of hydrogen-bond donors (Lipinski definition) is 1. The number of fused-ring (bicyclic) bond motifs is 1. The molecule has 0 radical (unpaired) electrons. The van der Waals surface area contributed by atoms with Gasteiger partial charge in [0.1, 0.15) is 0 Å². The van der Waals surface area contributed by atoms with E-state index >= 15 is 0 Å². The summed E-state index contributed by atoms with van der Waals surface area (Å²) in [5.74, 6) is 0. The van der Waals surface area contributed by atoms with Gasteiger partial charge in [0.25, 0.3) is 0 Å². The number of hydrogen-bond acceptors (Lipinski definition) is 2. The first kappa shape index (κ1) is 11.9. The molecule has 1 heterocycles. The molecular weight excluding hydrogens is 232 g/mol. The fraction of sp³-hybridized carbons (Fsp3) is 0.118. The molecule has 2 heteroatoms. The molecule has 0 bridgehead atoms. The maximum Gasteiger partial charge on any atom is 0.0704 e. The third-order valence-electron chi connectivity index (χ3n) is 3.41. The molecule has 1 aromatic heterocycles. The summed E-state index contributed by atoms with van der Waals surface area (Å²) in [7, 11) is 0. The molecule has 1 atom stereocenters. The van der Waals surface area contributed by atoms with Crippen LogP contribution in [0.25, 0.3) is 10.9 Å². The van der Waals surface area contributed by atoms with E-state index in [4.69, 9.17) is 5.73 Å². The largest absolute Gasteiger partial charge is 0.324 e. The van der Waals surface area contributed by atoms with Gasteiger partial charge in [-0.15, -0.1) is 0 Å². The summed E-state index contributed by atoms with van der Waals surface area (Å²) in [6.45, 7) is 0. The Labute approximate surface area is 112 Å². The molecule has 1 unspecified atom stereocenters. The first-order valence-corrected chi connectivity index (χ1v) is 6.48. The predicted octanol–water partition coefficient (Wildman–Crippen LogP) is 3.48. The monoisotopic (exact) mass is 248 g/mol. The minimum absolute atomic E-state index is 0.0204. The fourth-order valence-electron chi connectivity index (χ4n) is 2.39. The normalized spacial score (nSPS) is 12.5. The summed E-state index contributed by atoms with van der Waals surface area (Å²) in [5.41, 5.74) is 9.75. The summed E-state index contributed by atoms with van der Waals surface area (Å²) >= 11 is 0. The second-order valence-corrected chi connectivity index (χ2v) is 4.71. The molecule has 0 fully saturated rings. The Hall–Kier alpha value is -2.19. The van der Waals surface area contributed by atoms with Crippen molar-refractivity contribution in [2.75, 3.05) is 0 Å². The highest BCUT2D eigenvalue weighted by Gasteiger charge is 2.09. The van der Waals surface area contributed by atoms with Crippen LogP contribution >= 0.6 is 0 Å². The van der Waals surface area contributed by atoms with Crippen LogP contribution in [0.3, 0.4) is 0 Å². The van der Waals surface area contributed by atoms with Crippen LogP contribution in [-0.4, -0.2) is 4.98 Å². The van der Waals surface area contributed by atoms with Crippen molar-refractivity contribution >= 4 is 10.9 Å². The van der Waals surface area contributed by atoms with Gasteiger partial charge in [-0.3, -0.25) is 4.98 Å². The number of nitrogens with two attached hydrogens (primary N) is 1. The van der Waals surface area contributed by atoms with Gasteiger partial charge in [-0.1, -0.05) is 48.5 Å². The van der Waals surface area contributed by atoms with E-state index in [-0.39, 0.29) is 6.04 Å². The number of rotatable bonds is 3. The van der Waals surface area contributed by atoms with Crippen LogP contribution in [0.15, 0.2) is 66.9 Å². The Kier molecular flexibility index (Phi) is 3.25. The molecule has 3 aromatic rings. The van der Waals surface area contributed by atoms with E-state index in [1.165, 1.54) is 16.5 Å². The molecule has 0 aliphatic rings. The van der Waals surface area contributed by atoms with Crippen LogP contribution in [0.4, 0.5) is 0 Å². The van der Waals surface area contributed by atoms with Gasteiger partial charge >= 0.3 is 0 Å². The van der Waals surface area contributed by atoms with Gasteiger partial charge in [-0.05, 0) is 29.7 Å². The van der Waals surface area contributed by atoms with Crippen LogP contribution in [-0.2, 0) is 6.42 Å². The molecule has 2 nitrogen and oxygen atoms in total. The lowest BCUT2D eigenvalue weighted by molar-refractivity contribution is 0.725. The smallest absolute Gasteiger partial charge is 0.0704 e. The molecule has 2 N–H and O–H groups in total. The molecule has 0 spiro atoms. The molecule has 2 aromatic carbocycles. The van der Waals surface area contributed by atoms with Crippen LogP contribution in [0, 0.1) is 0 Å². The standard InChI is InChI=1S/C17H16N2/c18-16(13-6-2-1-3-7-13)12-14-10-11-19-17-9-5-4-8-15(14)17/h1-11,16H,12,18H2. The topological polar surface area (TPSA) is 38.9 Å². The third kappa shape index (κ3) is 2.49. The van der Waals surface area contributed by atoms with E-state index in [0.29, 0.717) is 0 Å². The summed E-state index contributed by atoms with van der Waals surface area (Å²) in [6, 6.07) is 20.5. The van der Waals surface area contributed by atoms with Crippen molar-refractivity contribution in [2.45, 2.75) is 12.5 Å². The minimum atomic E-state index is 0.0204. The van der Waals surface area contributed by atoms with Gasteiger partial charge in [-0.2, -0.15) is 0 Å². The summed E-state index contributed by atoms with van der Waals surface area (Å²) < 4.78 is 0. The van der Waals surface area contributed by atoms with E-state index in [9.17, 15) is 0 Å². The predicted molar refractivity (Wildman–Crippen MR) is 78.8 cm³/mol. The van der Waals surface area contributed by atoms with Crippen molar-refractivity contribution in [3.8, 4) is 0 Å². The zero-order chi connectivity index (χ0) is 13.1. The molecule has 19 heavy (non-hydrogen) atoms. The summed E-state index contributed by atoms with van der Waals surface area (Å²) in [6.07, 6.45) is 2.68. The zero-order valence-corrected chi connectivity index (χ0v) is 10.7. The SMILES string of the molecule is NC(Cc1ccnc2ccccc12)c1ccccc1. The van der Waals surface area contributed by atoms with E-state index < -0.39 is 0 Å². The van der Waals surface area contributed by atoms with Gasteiger partial charge < -0.3 is 5.73 Å². The maximum absolute atomic E-state index is 6.30. The third-order valence-corrected chi connectivity index (χ3v) is 3.41. The number of pyridine rings is 1. The second-order valence-electron chi connectivity index (χ2n) is 4.71. The lowest BCUT2D eigenvalue weighted by Crippen LogP contribution is -2.13. The van der Waals surface area contributed by atoms with Gasteiger partial charge in [0.15, 0.2) is 0 Å². The molecule has 0 aliphatic carbocycles. The van der Waals surface area contributed by atoms with Gasteiger partial charge in [-0.25, -0.2) is 0 Å². The lowest BCUT2D eigenvalue weighted by atomic mass is 9.97. The molecule has 0 aliphatic heterocycles. The molecule has 0 saturated heterocycles. The highest BCUT2D eigenvalue weighted by atomic mass is 14.7. The van der Waals surface area contributed by atoms with E-state index in [2.05, 4.69) is 29.2 Å². The molecule has 0 saturated carbocycles. The van der Waals surface area contributed by atoms with Gasteiger partial charge in [0, 0.05) is 17.6 Å². The fourth-order valence-corrected chi connectivity index (χ4v) is 2.39. The molecular formula is C17H16N2. The average molecular weight is 248 g/mol.